The van der Waals surface area contributed by atoms with Crippen molar-refractivity contribution in [2.75, 3.05) is 33.3 Å². The van der Waals surface area contributed by atoms with E-state index in [0.717, 1.165) is 48.8 Å². The lowest BCUT2D eigenvalue weighted by Gasteiger charge is -2.33. The van der Waals surface area contributed by atoms with E-state index in [9.17, 15) is 0 Å². The van der Waals surface area contributed by atoms with Crippen LogP contribution in [0.5, 0.6) is 5.75 Å². The number of ether oxygens (including phenoxy) is 1. The molecule has 0 bridgehead atoms. The Kier molecular flexibility index (Phi) is 5.61. The van der Waals surface area contributed by atoms with Gasteiger partial charge in [-0.3, -0.25) is 4.90 Å². The van der Waals surface area contributed by atoms with E-state index < -0.39 is 0 Å². The molecule has 3 rings (SSSR count). The van der Waals surface area contributed by atoms with Gasteiger partial charge in [0.2, 0.25) is 0 Å². The van der Waals surface area contributed by atoms with Crippen LogP contribution >= 0.6 is 11.6 Å². The van der Waals surface area contributed by atoms with Crippen molar-refractivity contribution in [1.29, 1.82) is 0 Å². The summed E-state index contributed by atoms with van der Waals surface area (Å²) in [7, 11) is 2.04. The summed E-state index contributed by atoms with van der Waals surface area (Å²) >= 11 is 6.20. The summed E-state index contributed by atoms with van der Waals surface area (Å²) < 4.78 is 6.03. The second-order valence-electron chi connectivity index (χ2n) is 6.81. The fourth-order valence-corrected chi connectivity index (χ4v) is 3.49. The lowest BCUT2D eigenvalue weighted by atomic mass is 9.97. The summed E-state index contributed by atoms with van der Waals surface area (Å²) in [4.78, 5) is 2.54. The number of hydrogen-bond donors (Lipinski definition) is 1. The van der Waals surface area contributed by atoms with Crippen molar-refractivity contribution in [2.45, 2.75) is 32.2 Å². The summed E-state index contributed by atoms with van der Waals surface area (Å²) in [6.07, 6.45) is 5.25. The molecule has 1 aliphatic carbocycles. The number of rotatable bonds is 7. The van der Waals surface area contributed by atoms with E-state index in [2.05, 4.69) is 16.3 Å². The Hall–Kier alpha value is -0.770. The zero-order valence-electron chi connectivity index (χ0n) is 13.5. The van der Waals surface area contributed by atoms with Crippen LogP contribution in [0.3, 0.4) is 0 Å². The zero-order valence-corrected chi connectivity index (χ0v) is 14.2. The van der Waals surface area contributed by atoms with Gasteiger partial charge in [-0.15, -0.1) is 0 Å². The van der Waals surface area contributed by atoms with Crippen LogP contribution in [0.25, 0.3) is 0 Å². The van der Waals surface area contributed by atoms with Gasteiger partial charge in [-0.05, 0) is 75.9 Å². The SMILES string of the molecule is CNCC1CCCN(Cc2cc(Cl)ccc2OCC2CC2)C1. The molecule has 4 heteroatoms. The molecule has 1 unspecified atom stereocenters. The Morgan fingerprint density at radius 2 is 2.14 bits per heavy atom. The summed E-state index contributed by atoms with van der Waals surface area (Å²) in [5, 5.41) is 4.11. The molecule has 22 heavy (non-hydrogen) atoms. The smallest absolute Gasteiger partial charge is 0.123 e. The van der Waals surface area contributed by atoms with Gasteiger partial charge < -0.3 is 10.1 Å². The van der Waals surface area contributed by atoms with E-state index in [1.165, 1.54) is 37.8 Å². The molecule has 122 valence electrons. The fourth-order valence-electron chi connectivity index (χ4n) is 3.30. The third kappa shape index (κ3) is 4.61. The number of likely N-dealkylation sites (tertiary alicyclic amines) is 1. The van der Waals surface area contributed by atoms with Gasteiger partial charge in [0, 0.05) is 23.7 Å². The number of halogens is 1. The van der Waals surface area contributed by atoms with E-state index in [-0.39, 0.29) is 0 Å². The van der Waals surface area contributed by atoms with Gasteiger partial charge in [0.05, 0.1) is 6.61 Å². The largest absolute Gasteiger partial charge is 0.493 e. The Labute approximate surface area is 139 Å². The molecule has 1 saturated carbocycles. The molecular formula is C18H27ClN2O. The lowest BCUT2D eigenvalue weighted by molar-refractivity contribution is 0.164. The fraction of sp³-hybridized carbons (Fsp3) is 0.667. The van der Waals surface area contributed by atoms with Crippen LogP contribution in [0.1, 0.15) is 31.2 Å². The Balaban J connectivity index is 1.63. The second kappa shape index (κ2) is 7.67. The molecule has 0 aromatic heterocycles. The molecule has 0 amide bonds. The molecule has 1 saturated heterocycles. The molecule has 1 N–H and O–H groups in total. The summed E-state index contributed by atoms with van der Waals surface area (Å²) in [6.45, 7) is 5.25. The maximum atomic E-state index is 6.20. The normalized spacial score (nSPS) is 22.7. The molecule has 2 aliphatic rings. The van der Waals surface area contributed by atoms with Gasteiger partial charge in [0.25, 0.3) is 0 Å². The molecule has 3 nitrogen and oxygen atoms in total. The number of piperidine rings is 1. The number of nitrogens with one attached hydrogen (secondary N) is 1. The summed E-state index contributed by atoms with van der Waals surface area (Å²) in [6, 6.07) is 6.05. The summed E-state index contributed by atoms with van der Waals surface area (Å²) in [5.41, 5.74) is 1.23. The highest BCUT2D eigenvalue weighted by Crippen LogP contribution is 2.32. The third-order valence-corrected chi connectivity index (χ3v) is 4.92. The first-order valence-corrected chi connectivity index (χ1v) is 8.90. The molecule has 0 radical (unpaired) electrons. The third-order valence-electron chi connectivity index (χ3n) is 4.68. The van der Waals surface area contributed by atoms with Gasteiger partial charge in [0.15, 0.2) is 0 Å². The summed E-state index contributed by atoms with van der Waals surface area (Å²) in [5.74, 6) is 2.55. The van der Waals surface area contributed by atoms with Crippen LogP contribution in [0, 0.1) is 11.8 Å². The van der Waals surface area contributed by atoms with Crippen molar-refractivity contribution in [3.05, 3.63) is 28.8 Å². The van der Waals surface area contributed by atoms with Gasteiger partial charge >= 0.3 is 0 Å². The molecule has 1 heterocycles. The van der Waals surface area contributed by atoms with E-state index in [0.29, 0.717) is 0 Å². The molecule has 1 aliphatic heterocycles. The zero-order chi connectivity index (χ0) is 15.4. The molecule has 0 spiro atoms. The Morgan fingerprint density at radius 3 is 2.91 bits per heavy atom. The van der Waals surface area contributed by atoms with Crippen LogP contribution in [-0.4, -0.2) is 38.2 Å². The number of hydrogen-bond acceptors (Lipinski definition) is 3. The van der Waals surface area contributed by atoms with Gasteiger partial charge in [-0.2, -0.15) is 0 Å². The van der Waals surface area contributed by atoms with Crippen LogP contribution < -0.4 is 10.1 Å². The van der Waals surface area contributed by atoms with E-state index in [1.54, 1.807) is 0 Å². The van der Waals surface area contributed by atoms with Crippen molar-refractivity contribution in [3.8, 4) is 5.75 Å². The van der Waals surface area contributed by atoms with Crippen molar-refractivity contribution < 1.29 is 4.74 Å². The van der Waals surface area contributed by atoms with Crippen LogP contribution in [-0.2, 0) is 6.54 Å². The van der Waals surface area contributed by atoms with Crippen molar-refractivity contribution in [1.82, 2.24) is 10.2 Å². The van der Waals surface area contributed by atoms with Gasteiger partial charge in [-0.25, -0.2) is 0 Å². The molecule has 1 aromatic rings. The average molecular weight is 323 g/mol. The second-order valence-corrected chi connectivity index (χ2v) is 7.24. The van der Waals surface area contributed by atoms with Gasteiger partial charge in [-0.1, -0.05) is 11.6 Å². The predicted octanol–water partition coefficient (Wildman–Crippen LogP) is 3.56. The highest BCUT2D eigenvalue weighted by atomic mass is 35.5. The molecular weight excluding hydrogens is 296 g/mol. The minimum Gasteiger partial charge on any atom is -0.493 e. The van der Waals surface area contributed by atoms with E-state index >= 15 is 0 Å². The highest BCUT2D eigenvalue weighted by molar-refractivity contribution is 6.30. The van der Waals surface area contributed by atoms with Crippen LogP contribution in [0.4, 0.5) is 0 Å². The lowest BCUT2D eigenvalue weighted by Crippen LogP contribution is -2.38. The van der Waals surface area contributed by atoms with Crippen LogP contribution in [0.15, 0.2) is 18.2 Å². The van der Waals surface area contributed by atoms with E-state index in [1.807, 2.05) is 19.2 Å². The standard InChI is InChI=1S/C18H27ClN2O/c1-20-10-15-3-2-8-21(11-15)12-16-9-17(19)6-7-18(16)22-13-14-4-5-14/h6-7,9,14-15,20H,2-5,8,10-13H2,1H3. The Bertz CT molecular complexity index is 488. The minimum atomic E-state index is 0.758. The number of benzene rings is 1. The molecule has 2 fully saturated rings. The quantitative estimate of drug-likeness (QED) is 0.830. The van der Waals surface area contributed by atoms with Crippen molar-refractivity contribution in [3.63, 3.8) is 0 Å². The van der Waals surface area contributed by atoms with Gasteiger partial charge in [0.1, 0.15) is 5.75 Å². The van der Waals surface area contributed by atoms with Crippen molar-refractivity contribution in [2.24, 2.45) is 11.8 Å². The molecule has 1 aromatic carbocycles. The monoisotopic (exact) mass is 322 g/mol. The van der Waals surface area contributed by atoms with E-state index in [4.69, 9.17) is 16.3 Å². The highest BCUT2D eigenvalue weighted by Gasteiger charge is 2.23. The maximum Gasteiger partial charge on any atom is 0.123 e. The first kappa shape index (κ1) is 16.1. The van der Waals surface area contributed by atoms with Crippen LogP contribution in [0.2, 0.25) is 5.02 Å². The topological polar surface area (TPSA) is 24.5 Å². The average Bonchev–Trinajstić information content (AvgIpc) is 3.31. The first-order valence-electron chi connectivity index (χ1n) is 8.53. The van der Waals surface area contributed by atoms with Crippen molar-refractivity contribution >= 4 is 11.6 Å². The number of nitrogens with zero attached hydrogens (tertiary/aromatic N) is 1. The predicted molar refractivity (Wildman–Crippen MR) is 91.6 cm³/mol. The molecule has 1 atom stereocenters. The minimum absolute atomic E-state index is 0.758. The maximum absolute atomic E-state index is 6.20. The Morgan fingerprint density at radius 1 is 1.27 bits per heavy atom. The first-order chi connectivity index (χ1) is 10.7.